The Bertz CT molecular complexity index is 1760. The summed E-state index contributed by atoms with van der Waals surface area (Å²) in [5.41, 5.74) is 4.57. The van der Waals surface area contributed by atoms with Gasteiger partial charge in [0.15, 0.2) is 11.3 Å². The van der Waals surface area contributed by atoms with Crippen LogP contribution in [0.5, 0.6) is 0 Å². The van der Waals surface area contributed by atoms with E-state index in [1.54, 1.807) is 27.9 Å². The average molecular weight is 551 g/mol. The van der Waals surface area contributed by atoms with Crippen molar-refractivity contribution in [1.29, 1.82) is 0 Å². The average Bonchev–Trinajstić information content (AvgIpc) is 3.38. The number of para-hydroxylation sites is 1. The molecule has 2 aromatic carbocycles. The van der Waals surface area contributed by atoms with Gasteiger partial charge in [0.1, 0.15) is 5.60 Å². The van der Waals surface area contributed by atoms with Crippen LogP contribution in [0.1, 0.15) is 31.3 Å². The first-order valence-corrected chi connectivity index (χ1v) is 13.5. The van der Waals surface area contributed by atoms with Gasteiger partial charge in [-0.2, -0.15) is 5.10 Å². The summed E-state index contributed by atoms with van der Waals surface area (Å²) in [4.78, 5) is 37.7. The van der Waals surface area contributed by atoms with E-state index in [0.29, 0.717) is 43.1 Å². The summed E-state index contributed by atoms with van der Waals surface area (Å²) >= 11 is 0. The molecule has 10 heteroatoms. The molecule has 41 heavy (non-hydrogen) atoms. The molecule has 1 N–H and O–H groups in total. The van der Waals surface area contributed by atoms with Crippen molar-refractivity contribution in [2.75, 3.05) is 31.1 Å². The highest BCUT2D eigenvalue weighted by atomic mass is 16.6. The molecule has 1 aliphatic rings. The number of piperazine rings is 1. The number of carbonyl (C=O) groups excluding carboxylic acids is 1. The number of hydrogen-bond donors (Lipinski definition) is 1. The predicted octanol–water partition coefficient (Wildman–Crippen LogP) is 5.37. The van der Waals surface area contributed by atoms with Crippen LogP contribution in [0.25, 0.3) is 38.9 Å². The normalized spacial score (nSPS) is 14.0. The first kappa shape index (κ1) is 26.2. The maximum Gasteiger partial charge on any atom is 0.410 e. The van der Waals surface area contributed by atoms with E-state index in [1.165, 1.54) is 0 Å². The number of fused-ring (bicyclic) bond motifs is 2. The lowest BCUT2D eigenvalue weighted by Gasteiger charge is -2.36. The number of imidazole rings is 1. The summed E-state index contributed by atoms with van der Waals surface area (Å²) in [5.74, 6) is -1.12. The van der Waals surface area contributed by atoms with Gasteiger partial charge in [0.05, 0.1) is 17.4 Å². The first-order valence-electron chi connectivity index (χ1n) is 13.5. The third-order valence-electron chi connectivity index (χ3n) is 7.10. The molecular formula is C31H30N6O4. The van der Waals surface area contributed by atoms with Gasteiger partial charge in [-0.3, -0.25) is 4.98 Å². The number of pyridine rings is 1. The minimum absolute atomic E-state index is 0.0613. The van der Waals surface area contributed by atoms with Crippen LogP contribution in [-0.2, 0) is 4.74 Å². The molecule has 3 aromatic heterocycles. The van der Waals surface area contributed by atoms with Crippen molar-refractivity contribution in [1.82, 2.24) is 24.5 Å². The molecule has 0 aliphatic carbocycles. The van der Waals surface area contributed by atoms with Gasteiger partial charge in [0.2, 0.25) is 0 Å². The summed E-state index contributed by atoms with van der Waals surface area (Å²) in [7, 11) is 0. The van der Waals surface area contributed by atoms with Crippen LogP contribution < -0.4 is 4.90 Å². The second-order valence-corrected chi connectivity index (χ2v) is 11.0. The molecule has 1 saturated heterocycles. The Morgan fingerprint density at radius 3 is 2.34 bits per heavy atom. The molecule has 1 aliphatic heterocycles. The summed E-state index contributed by atoms with van der Waals surface area (Å²) in [5, 5.41) is 15.6. The van der Waals surface area contributed by atoms with Crippen LogP contribution in [0.2, 0.25) is 0 Å². The Labute approximate surface area is 236 Å². The van der Waals surface area contributed by atoms with Crippen molar-refractivity contribution >= 4 is 34.3 Å². The number of nitrogens with zero attached hydrogens (tertiary/aromatic N) is 6. The zero-order valence-electron chi connectivity index (χ0n) is 23.1. The van der Waals surface area contributed by atoms with Crippen LogP contribution >= 0.6 is 0 Å². The number of carbonyl (C=O) groups is 2. The van der Waals surface area contributed by atoms with E-state index in [2.05, 4.69) is 20.0 Å². The maximum atomic E-state index is 12.4. The van der Waals surface area contributed by atoms with Gasteiger partial charge in [0, 0.05) is 54.6 Å². The smallest absolute Gasteiger partial charge is 0.410 e. The number of rotatable bonds is 4. The monoisotopic (exact) mass is 550 g/mol. The highest BCUT2D eigenvalue weighted by molar-refractivity contribution is 5.96. The summed E-state index contributed by atoms with van der Waals surface area (Å²) in [6.07, 6.45) is 3.14. The third kappa shape index (κ3) is 5.16. The predicted molar refractivity (Wildman–Crippen MR) is 156 cm³/mol. The molecule has 4 heterocycles. The van der Waals surface area contributed by atoms with Gasteiger partial charge in [-0.1, -0.05) is 30.3 Å². The molecule has 0 saturated carbocycles. The van der Waals surface area contributed by atoms with E-state index in [-0.39, 0.29) is 11.8 Å². The van der Waals surface area contributed by atoms with Crippen molar-refractivity contribution in [3.8, 4) is 22.4 Å². The molecule has 208 valence electrons. The number of carboxylic acids is 1. The van der Waals surface area contributed by atoms with Gasteiger partial charge in [-0.15, -0.1) is 0 Å². The van der Waals surface area contributed by atoms with Crippen LogP contribution in [-0.4, -0.2) is 73.4 Å². The van der Waals surface area contributed by atoms with Gasteiger partial charge in [0.25, 0.3) is 0 Å². The second-order valence-electron chi connectivity index (χ2n) is 11.0. The SMILES string of the molecule is CC(C)(C)OC(=O)N1CCN(c2ccc(-c3cc4ncc(-c5ccnc6ccccc56)n4nc3C(=O)O)cc2)CC1. The largest absolute Gasteiger partial charge is 0.476 e. The zero-order valence-corrected chi connectivity index (χ0v) is 23.1. The Balaban J connectivity index is 1.27. The van der Waals surface area contributed by atoms with E-state index in [1.807, 2.05) is 75.4 Å². The lowest BCUT2D eigenvalue weighted by Crippen LogP contribution is -2.50. The number of benzene rings is 2. The topological polar surface area (TPSA) is 113 Å². The molecule has 1 amide bonds. The molecule has 5 aromatic rings. The van der Waals surface area contributed by atoms with Crippen LogP contribution in [0, 0.1) is 0 Å². The lowest BCUT2D eigenvalue weighted by molar-refractivity contribution is 0.0240. The van der Waals surface area contributed by atoms with Crippen LogP contribution in [0.4, 0.5) is 10.5 Å². The second kappa shape index (κ2) is 10.2. The van der Waals surface area contributed by atoms with Gasteiger partial charge >= 0.3 is 12.1 Å². The van der Waals surface area contributed by atoms with Crippen LogP contribution in [0.3, 0.4) is 0 Å². The maximum absolute atomic E-state index is 12.4. The number of aromatic carboxylic acids is 1. The minimum atomic E-state index is -1.12. The van der Waals surface area contributed by atoms with Crippen molar-refractivity contribution in [2.45, 2.75) is 26.4 Å². The Hall–Kier alpha value is -4.99. The molecule has 0 radical (unpaired) electrons. The quantitative estimate of drug-likeness (QED) is 0.318. The number of hydrogen-bond acceptors (Lipinski definition) is 7. The van der Waals surface area contributed by atoms with Gasteiger partial charge in [-0.25, -0.2) is 19.1 Å². The lowest BCUT2D eigenvalue weighted by atomic mass is 10.0. The van der Waals surface area contributed by atoms with Crippen molar-refractivity contribution in [3.05, 3.63) is 78.8 Å². The number of aromatic nitrogens is 4. The Kier molecular flexibility index (Phi) is 6.53. The standard InChI is InChI=1S/C31H30N6O4/c1-31(2,3)41-30(40)36-16-14-35(15-17-36)21-10-8-20(9-11-21)24-18-27-33-19-26(37(27)34-28(24)29(38)39)23-12-13-32-25-7-5-4-6-22(23)25/h4-13,18-19H,14-17H2,1-3H3,(H,38,39). The molecule has 0 bridgehead atoms. The molecule has 1 fully saturated rings. The molecule has 10 nitrogen and oxygen atoms in total. The highest BCUT2D eigenvalue weighted by Crippen LogP contribution is 2.31. The third-order valence-corrected chi connectivity index (χ3v) is 7.10. The number of carboxylic acid groups (broad SMARTS) is 1. The number of amides is 1. The molecular weight excluding hydrogens is 520 g/mol. The van der Waals surface area contributed by atoms with Crippen molar-refractivity contribution < 1.29 is 19.4 Å². The number of anilines is 1. The van der Waals surface area contributed by atoms with E-state index in [4.69, 9.17) is 4.74 Å². The van der Waals surface area contributed by atoms with Crippen molar-refractivity contribution in [2.24, 2.45) is 0 Å². The summed E-state index contributed by atoms with van der Waals surface area (Å²) in [6.45, 7) is 8.06. The van der Waals surface area contributed by atoms with Crippen molar-refractivity contribution in [3.63, 3.8) is 0 Å². The van der Waals surface area contributed by atoms with Crippen LogP contribution in [0.15, 0.2) is 73.1 Å². The van der Waals surface area contributed by atoms with E-state index >= 15 is 0 Å². The fourth-order valence-electron chi connectivity index (χ4n) is 5.12. The molecule has 6 rings (SSSR count). The minimum Gasteiger partial charge on any atom is -0.476 e. The fraction of sp³-hybridized carbons (Fsp3) is 0.258. The highest BCUT2D eigenvalue weighted by Gasteiger charge is 2.26. The first-order chi connectivity index (χ1) is 19.7. The molecule has 0 atom stereocenters. The summed E-state index contributed by atoms with van der Waals surface area (Å²) in [6, 6.07) is 19.1. The Morgan fingerprint density at radius 2 is 1.63 bits per heavy atom. The molecule has 0 spiro atoms. The van der Waals surface area contributed by atoms with E-state index < -0.39 is 11.6 Å². The van der Waals surface area contributed by atoms with Gasteiger partial charge < -0.3 is 19.6 Å². The number of ether oxygens (including phenoxy) is 1. The zero-order chi connectivity index (χ0) is 28.7. The fourth-order valence-corrected chi connectivity index (χ4v) is 5.12. The summed E-state index contributed by atoms with van der Waals surface area (Å²) < 4.78 is 7.07. The Morgan fingerprint density at radius 1 is 0.902 bits per heavy atom. The van der Waals surface area contributed by atoms with Gasteiger partial charge in [-0.05, 0) is 56.7 Å². The van der Waals surface area contributed by atoms with E-state index in [9.17, 15) is 14.7 Å². The molecule has 0 unspecified atom stereocenters. The van der Waals surface area contributed by atoms with E-state index in [0.717, 1.165) is 27.7 Å².